The van der Waals surface area contributed by atoms with Crippen LogP contribution in [0.3, 0.4) is 0 Å². The third kappa shape index (κ3) is 3.96. The monoisotopic (exact) mass is 486 g/mol. The van der Waals surface area contributed by atoms with Crippen LogP contribution in [0.25, 0.3) is 10.9 Å². The number of para-hydroxylation sites is 1. The molecule has 0 fully saturated rings. The van der Waals surface area contributed by atoms with Crippen LogP contribution in [-0.2, 0) is 16.0 Å². The van der Waals surface area contributed by atoms with E-state index in [-0.39, 0.29) is 29.7 Å². The first kappa shape index (κ1) is 24.1. The van der Waals surface area contributed by atoms with E-state index in [1.54, 1.807) is 4.90 Å². The van der Waals surface area contributed by atoms with Crippen LogP contribution in [0, 0.1) is 11.8 Å². The second-order valence-corrected chi connectivity index (χ2v) is 10.5. The van der Waals surface area contributed by atoms with Gasteiger partial charge in [-0.2, -0.15) is 0 Å². The van der Waals surface area contributed by atoms with Crippen molar-refractivity contribution in [2.75, 3.05) is 6.54 Å². The molecule has 3 amide bonds. The summed E-state index contributed by atoms with van der Waals surface area (Å²) in [6, 6.07) is 13.9. The van der Waals surface area contributed by atoms with Crippen LogP contribution in [0.15, 0.2) is 48.5 Å². The van der Waals surface area contributed by atoms with E-state index in [0.717, 1.165) is 34.1 Å². The van der Waals surface area contributed by atoms with E-state index in [0.29, 0.717) is 24.4 Å². The lowest BCUT2D eigenvalue weighted by Gasteiger charge is -2.38. The standard InChI is InChI=1S/C29H34N4O3/c1-5-17(4)24(28(35)30-15-16(2)3)32-27(34)23-14-21-18-10-8-9-13-22(18)31-25(21)26-19-11-6-7-12-20(19)29(36)33(23)26/h6-13,16-17,23-24,26,31H,5,14-15H2,1-4H3,(H,30,35)(H,32,34)/t17?,23-,24-,26?/m0/s1. The van der Waals surface area contributed by atoms with E-state index in [1.165, 1.54) is 0 Å². The van der Waals surface area contributed by atoms with Gasteiger partial charge in [0, 0.05) is 35.1 Å². The molecule has 0 saturated carbocycles. The molecule has 0 spiro atoms. The maximum Gasteiger partial charge on any atom is 0.255 e. The lowest BCUT2D eigenvalue weighted by molar-refractivity contribution is -0.133. The minimum absolute atomic E-state index is 0.0457. The Morgan fingerprint density at radius 3 is 2.56 bits per heavy atom. The van der Waals surface area contributed by atoms with E-state index < -0.39 is 12.1 Å². The van der Waals surface area contributed by atoms with E-state index >= 15 is 0 Å². The van der Waals surface area contributed by atoms with Crippen molar-refractivity contribution < 1.29 is 14.4 Å². The molecule has 5 rings (SSSR count). The zero-order valence-electron chi connectivity index (χ0n) is 21.3. The highest BCUT2D eigenvalue weighted by Crippen LogP contribution is 2.46. The average Bonchev–Trinajstić information content (AvgIpc) is 3.40. The molecule has 3 aromatic rings. The van der Waals surface area contributed by atoms with Crippen LogP contribution in [-0.4, -0.2) is 46.2 Å². The molecule has 0 bridgehead atoms. The van der Waals surface area contributed by atoms with Crippen LogP contribution in [0.2, 0.25) is 0 Å². The molecule has 3 heterocycles. The van der Waals surface area contributed by atoms with Crippen molar-refractivity contribution in [1.29, 1.82) is 0 Å². The van der Waals surface area contributed by atoms with Gasteiger partial charge in [-0.3, -0.25) is 14.4 Å². The highest BCUT2D eigenvalue weighted by atomic mass is 16.2. The molecule has 2 unspecified atom stereocenters. The fourth-order valence-corrected chi connectivity index (χ4v) is 5.50. The molecule has 36 heavy (non-hydrogen) atoms. The van der Waals surface area contributed by atoms with Gasteiger partial charge in [0.25, 0.3) is 5.91 Å². The van der Waals surface area contributed by atoms with E-state index in [2.05, 4.69) is 21.7 Å². The number of amides is 3. The Kier molecular flexibility index (Phi) is 6.33. The van der Waals surface area contributed by atoms with Gasteiger partial charge in [0.1, 0.15) is 12.1 Å². The number of fused-ring (bicyclic) bond motifs is 7. The highest BCUT2D eigenvalue weighted by Gasteiger charge is 2.49. The largest absolute Gasteiger partial charge is 0.356 e. The molecule has 2 aliphatic rings. The number of H-pyrrole nitrogens is 1. The first-order valence-electron chi connectivity index (χ1n) is 12.9. The second kappa shape index (κ2) is 9.45. The van der Waals surface area contributed by atoms with Crippen LogP contribution in [0.4, 0.5) is 0 Å². The topological polar surface area (TPSA) is 94.3 Å². The van der Waals surface area contributed by atoms with Gasteiger partial charge in [-0.25, -0.2) is 0 Å². The average molecular weight is 487 g/mol. The number of aromatic amines is 1. The van der Waals surface area contributed by atoms with Crippen molar-refractivity contribution in [3.63, 3.8) is 0 Å². The minimum atomic E-state index is -0.717. The summed E-state index contributed by atoms with van der Waals surface area (Å²) >= 11 is 0. The number of nitrogens with one attached hydrogen (secondary N) is 3. The normalized spacial score (nSPS) is 20.0. The molecule has 1 aromatic heterocycles. The zero-order chi connectivity index (χ0) is 25.6. The summed E-state index contributed by atoms with van der Waals surface area (Å²) in [5, 5.41) is 7.07. The molecule has 2 aliphatic heterocycles. The lowest BCUT2D eigenvalue weighted by atomic mass is 9.89. The van der Waals surface area contributed by atoms with Crippen LogP contribution in [0.1, 0.15) is 67.3 Å². The molecule has 0 radical (unpaired) electrons. The van der Waals surface area contributed by atoms with E-state index in [4.69, 9.17) is 0 Å². The Labute approximate surface area is 211 Å². The molecule has 0 aliphatic carbocycles. The predicted molar refractivity (Wildman–Crippen MR) is 139 cm³/mol. The Morgan fingerprint density at radius 2 is 1.81 bits per heavy atom. The second-order valence-electron chi connectivity index (χ2n) is 10.5. The van der Waals surface area contributed by atoms with Crippen LogP contribution < -0.4 is 10.6 Å². The van der Waals surface area contributed by atoms with Gasteiger partial charge in [0.15, 0.2) is 0 Å². The van der Waals surface area contributed by atoms with Gasteiger partial charge < -0.3 is 20.5 Å². The molecule has 3 N–H and O–H groups in total. The van der Waals surface area contributed by atoms with Gasteiger partial charge in [0.05, 0.1) is 6.04 Å². The molecular weight excluding hydrogens is 452 g/mol. The fraction of sp³-hybridized carbons (Fsp3) is 0.414. The van der Waals surface area contributed by atoms with Gasteiger partial charge >= 0.3 is 0 Å². The van der Waals surface area contributed by atoms with Gasteiger partial charge in [-0.1, -0.05) is 70.5 Å². The lowest BCUT2D eigenvalue weighted by Crippen LogP contribution is -2.58. The van der Waals surface area contributed by atoms with Crippen molar-refractivity contribution in [2.24, 2.45) is 11.8 Å². The SMILES string of the molecule is CCC(C)[C@H](NC(=O)[C@@H]1Cc2c([nH]c3ccccc23)C2c3ccccc3C(=O)N21)C(=O)NCC(C)C. The summed E-state index contributed by atoms with van der Waals surface area (Å²) in [7, 11) is 0. The number of hydrogen-bond donors (Lipinski definition) is 3. The van der Waals surface area contributed by atoms with Gasteiger partial charge in [-0.15, -0.1) is 0 Å². The molecule has 2 aromatic carbocycles. The Balaban J connectivity index is 1.53. The van der Waals surface area contributed by atoms with Crippen LogP contribution >= 0.6 is 0 Å². The number of nitrogens with zero attached hydrogens (tertiary/aromatic N) is 1. The first-order chi connectivity index (χ1) is 17.3. The van der Waals surface area contributed by atoms with Crippen molar-refractivity contribution in [1.82, 2.24) is 20.5 Å². The van der Waals surface area contributed by atoms with Crippen molar-refractivity contribution in [3.05, 3.63) is 70.9 Å². The first-order valence-corrected chi connectivity index (χ1v) is 12.9. The van der Waals surface area contributed by atoms with Crippen LogP contribution in [0.5, 0.6) is 0 Å². The smallest absolute Gasteiger partial charge is 0.255 e. The molecular formula is C29H34N4O3. The number of rotatable bonds is 7. The van der Waals surface area contributed by atoms with Crippen molar-refractivity contribution in [2.45, 2.75) is 58.7 Å². The highest BCUT2D eigenvalue weighted by molar-refractivity contribution is 6.04. The van der Waals surface area contributed by atoms with E-state index in [1.807, 2.05) is 70.2 Å². The Morgan fingerprint density at radius 1 is 1.08 bits per heavy atom. The van der Waals surface area contributed by atoms with E-state index in [9.17, 15) is 14.4 Å². The number of hydrogen-bond acceptors (Lipinski definition) is 3. The maximum atomic E-state index is 13.9. The summed E-state index contributed by atoms with van der Waals surface area (Å²) in [4.78, 5) is 45.8. The number of aromatic nitrogens is 1. The summed E-state index contributed by atoms with van der Waals surface area (Å²) in [6.07, 6.45) is 1.14. The predicted octanol–water partition coefficient (Wildman–Crippen LogP) is 3.94. The maximum absolute atomic E-state index is 13.9. The molecule has 7 nitrogen and oxygen atoms in total. The van der Waals surface area contributed by atoms with Gasteiger partial charge in [-0.05, 0) is 35.1 Å². The summed E-state index contributed by atoms with van der Waals surface area (Å²) in [5.41, 5.74) is 4.54. The Hall–Kier alpha value is -3.61. The minimum Gasteiger partial charge on any atom is -0.356 e. The third-order valence-electron chi connectivity index (χ3n) is 7.63. The summed E-state index contributed by atoms with van der Waals surface area (Å²) < 4.78 is 0. The Bertz CT molecular complexity index is 1330. The number of benzene rings is 2. The molecule has 188 valence electrons. The third-order valence-corrected chi connectivity index (χ3v) is 7.63. The van der Waals surface area contributed by atoms with Gasteiger partial charge in [0.2, 0.25) is 11.8 Å². The summed E-state index contributed by atoms with van der Waals surface area (Å²) in [5.74, 6) is -0.355. The zero-order valence-corrected chi connectivity index (χ0v) is 21.3. The molecule has 7 heteroatoms. The molecule has 0 saturated heterocycles. The summed E-state index contributed by atoms with van der Waals surface area (Å²) in [6.45, 7) is 8.60. The quantitative estimate of drug-likeness (QED) is 0.472. The number of carbonyl (C=O) groups is 3. The number of carbonyl (C=O) groups excluding carboxylic acids is 3. The molecule has 4 atom stereocenters. The van der Waals surface area contributed by atoms with Crippen molar-refractivity contribution in [3.8, 4) is 0 Å². The fourth-order valence-electron chi connectivity index (χ4n) is 5.50. The van der Waals surface area contributed by atoms with Crippen molar-refractivity contribution >= 4 is 28.6 Å².